The molecule has 0 aliphatic rings. The molecule has 0 aromatic heterocycles. The van der Waals surface area contributed by atoms with Gasteiger partial charge in [-0.25, -0.2) is 4.39 Å². The van der Waals surface area contributed by atoms with E-state index in [1.807, 2.05) is 30.3 Å². The molecule has 4 nitrogen and oxygen atoms in total. The second-order valence-corrected chi connectivity index (χ2v) is 6.02. The van der Waals surface area contributed by atoms with Crippen molar-refractivity contribution in [3.63, 3.8) is 0 Å². The summed E-state index contributed by atoms with van der Waals surface area (Å²) in [6.07, 6.45) is 0.231. The molecule has 0 aliphatic heterocycles. The Balaban J connectivity index is 1.74. The first-order valence-corrected chi connectivity index (χ1v) is 8.22. The molecule has 2 aromatic carbocycles. The Morgan fingerprint density at radius 2 is 2.00 bits per heavy atom. The van der Waals surface area contributed by atoms with E-state index in [1.54, 1.807) is 7.11 Å². The van der Waals surface area contributed by atoms with Crippen LogP contribution in [0.25, 0.3) is 0 Å². The van der Waals surface area contributed by atoms with Crippen molar-refractivity contribution in [3.05, 3.63) is 59.4 Å². The molecule has 0 saturated carbocycles. The van der Waals surface area contributed by atoms with Crippen LogP contribution in [-0.4, -0.2) is 18.8 Å². The van der Waals surface area contributed by atoms with Crippen LogP contribution in [0.3, 0.4) is 0 Å². The van der Waals surface area contributed by atoms with Gasteiger partial charge in [-0.2, -0.15) is 5.26 Å². The molecule has 0 aliphatic carbocycles. The van der Waals surface area contributed by atoms with Crippen molar-refractivity contribution >= 4 is 17.7 Å². The van der Waals surface area contributed by atoms with Gasteiger partial charge in [-0.15, -0.1) is 11.8 Å². The molecular formula is C18H16FNO3S. The van der Waals surface area contributed by atoms with E-state index in [1.165, 1.54) is 23.9 Å². The summed E-state index contributed by atoms with van der Waals surface area (Å²) in [5.41, 5.74) is 0.489. The van der Waals surface area contributed by atoms with Crippen molar-refractivity contribution in [2.24, 2.45) is 0 Å². The lowest BCUT2D eigenvalue weighted by Crippen LogP contribution is -2.06. The number of halogens is 1. The van der Waals surface area contributed by atoms with Crippen LogP contribution in [0.5, 0.6) is 5.75 Å². The van der Waals surface area contributed by atoms with Gasteiger partial charge in [0.25, 0.3) is 0 Å². The van der Waals surface area contributed by atoms with Gasteiger partial charge in [0.05, 0.1) is 25.2 Å². The van der Waals surface area contributed by atoms with Crippen molar-refractivity contribution in [3.8, 4) is 11.8 Å². The van der Waals surface area contributed by atoms with Crippen LogP contribution in [0.4, 0.5) is 4.39 Å². The highest BCUT2D eigenvalue weighted by atomic mass is 32.2. The van der Waals surface area contributed by atoms with Gasteiger partial charge in [0.1, 0.15) is 18.2 Å². The summed E-state index contributed by atoms with van der Waals surface area (Å²) in [6.45, 7) is -0.135. The normalized spacial score (nSPS) is 10.0. The number of esters is 1. The van der Waals surface area contributed by atoms with Gasteiger partial charge >= 0.3 is 5.97 Å². The number of carbonyl (C=O) groups is 1. The Morgan fingerprint density at radius 1 is 1.25 bits per heavy atom. The molecule has 2 aromatic rings. The topological polar surface area (TPSA) is 59.3 Å². The SMILES string of the molecule is COc1ccc(SCCC(=O)OCc2ccc(C#N)cc2F)cc1. The average molecular weight is 345 g/mol. The molecular weight excluding hydrogens is 329 g/mol. The van der Waals surface area contributed by atoms with Gasteiger partial charge < -0.3 is 9.47 Å². The smallest absolute Gasteiger partial charge is 0.306 e. The number of rotatable bonds is 7. The monoisotopic (exact) mass is 345 g/mol. The first-order chi connectivity index (χ1) is 11.6. The van der Waals surface area contributed by atoms with E-state index in [9.17, 15) is 9.18 Å². The fraction of sp³-hybridized carbons (Fsp3) is 0.222. The van der Waals surface area contributed by atoms with E-state index in [0.717, 1.165) is 16.7 Å². The van der Waals surface area contributed by atoms with Crippen LogP contribution < -0.4 is 4.74 Å². The highest BCUT2D eigenvalue weighted by Gasteiger charge is 2.08. The van der Waals surface area contributed by atoms with E-state index >= 15 is 0 Å². The molecule has 0 saturated heterocycles. The summed E-state index contributed by atoms with van der Waals surface area (Å²) in [5.74, 6) is 0.415. The van der Waals surface area contributed by atoms with Crippen LogP contribution in [0.1, 0.15) is 17.5 Å². The number of thioether (sulfide) groups is 1. The summed E-state index contributed by atoms with van der Waals surface area (Å²) in [5, 5.41) is 8.68. The lowest BCUT2D eigenvalue weighted by molar-refractivity contribution is -0.144. The Hall–Kier alpha value is -2.52. The van der Waals surface area contributed by atoms with Crippen molar-refractivity contribution in [1.82, 2.24) is 0 Å². The lowest BCUT2D eigenvalue weighted by Gasteiger charge is -2.06. The molecule has 0 radical (unpaired) electrons. The summed E-state index contributed by atoms with van der Waals surface area (Å²) in [6, 6.07) is 13.5. The van der Waals surface area contributed by atoms with Gasteiger partial charge in [0.15, 0.2) is 0 Å². The molecule has 0 atom stereocenters. The van der Waals surface area contributed by atoms with Gasteiger partial charge in [0.2, 0.25) is 0 Å². The van der Waals surface area contributed by atoms with Crippen LogP contribution >= 0.6 is 11.8 Å². The second-order valence-electron chi connectivity index (χ2n) is 4.85. The van der Waals surface area contributed by atoms with Crippen molar-refractivity contribution in [2.45, 2.75) is 17.9 Å². The minimum absolute atomic E-state index is 0.135. The van der Waals surface area contributed by atoms with Crippen LogP contribution in [-0.2, 0) is 16.1 Å². The van der Waals surface area contributed by atoms with E-state index in [2.05, 4.69) is 0 Å². The van der Waals surface area contributed by atoms with E-state index < -0.39 is 5.82 Å². The number of carbonyl (C=O) groups excluding carboxylic acids is 1. The summed E-state index contributed by atoms with van der Waals surface area (Å²) in [4.78, 5) is 12.7. The zero-order valence-electron chi connectivity index (χ0n) is 13.1. The lowest BCUT2D eigenvalue weighted by atomic mass is 10.1. The van der Waals surface area contributed by atoms with Gasteiger partial charge in [-0.3, -0.25) is 4.79 Å². The Labute approximate surface area is 144 Å². The number of nitrogens with zero attached hydrogens (tertiary/aromatic N) is 1. The van der Waals surface area contributed by atoms with Crippen molar-refractivity contribution < 1.29 is 18.7 Å². The van der Waals surface area contributed by atoms with E-state index in [4.69, 9.17) is 14.7 Å². The fourth-order valence-electron chi connectivity index (χ4n) is 1.89. The molecule has 0 fully saturated rings. The maximum atomic E-state index is 13.7. The third kappa shape index (κ3) is 5.28. The molecule has 0 unspecified atom stereocenters. The minimum atomic E-state index is -0.547. The van der Waals surface area contributed by atoms with Crippen molar-refractivity contribution in [1.29, 1.82) is 5.26 Å². The first-order valence-electron chi connectivity index (χ1n) is 7.23. The summed E-state index contributed by atoms with van der Waals surface area (Å²) >= 11 is 1.53. The van der Waals surface area contributed by atoms with Crippen LogP contribution in [0, 0.1) is 17.1 Å². The second kappa shape index (κ2) is 8.94. The Kier molecular flexibility index (Phi) is 6.64. The van der Waals surface area contributed by atoms with Gasteiger partial charge in [-0.05, 0) is 36.4 Å². The Bertz CT molecular complexity index is 741. The highest BCUT2D eigenvalue weighted by molar-refractivity contribution is 7.99. The van der Waals surface area contributed by atoms with Crippen LogP contribution in [0.2, 0.25) is 0 Å². The fourth-order valence-corrected chi connectivity index (χ4v) is 2.72. The summed E-state index contributed by atoms with van der Waals surface area (Å²) in [7, 11) is 1.61. The molecule has 0 spiro atoms. The molecule has 0 N–H and O–H groups in total. The summed E-state index contributed by atoms with van der Waals surface area (Å²) < 4.78 is 23.8. The standard InChI is InChI=1S/C18H16FNO3S/c1-22-15-4-6-16(7-5-15)24-9-8-18(21)23-12-14-3-2-13(11-20)10-17(14)19/h2-7,10H,8-9,12H2,1H3. The molecule has 0 bridgehead atoms. The maximum absolute atomic E-state index is 13.7. The average Bonchev–Trinajstić information content (AvgIpc) is 2.61. The van der Waals surface area contributed by atoms with E-state index in [-0.39, 0.29) is 30.1 Å². The largest absolute Gasteiger partial charge is 0.497 e. The zero-order chi connectivity index (χ0) is 17.4. The number of ether oxygens (including phenoxy) is 2. The molecule has 0 heterocycles. The zero-order valence-corrected chi connectivity index (χ0v) is 13.9. The predicted molar refractivity (Wildman–Crippen MR) is 89.2 cm³/mol. The van der Waals surface area contributed by atoms with Gasteiger partial charge in [0, 0.05) is 16.2 Å². The third-order valence-corrected chi connectivity index (χ3v) is 4.22. The number of benzene rings is 2. The quantitative estimate of drug-likeness (QED) is 0.562. The molecule has 24 heavy (non-hydrogen) atoms. The molecule has 6 heteroatoms. The molecule has 124 valence electrons. The maximum Gasteiger partial charge on any atom is 0.306 e. The number of hydrogen-bond acceptors (Lipinski definition) is 5. The highest BCUT2D eigenvalue weighted by Crippen LogP contribution is 2.22. The third-order valence-electron chi connectivity index (χ3n) is 3.21. The van der Waals surface area contributed by atoms with E-state index in [0.29, 0.717) is 5.75 Å². The number of nitriles is 1. The molecule has 2 rings (SSSR count). The number of methoxy groups -OCH3 is 1. The predicted octanol–water partition coefficient (Wildman–Crippen LogP) is 3.93. The van der Waals surface area contributed by atoms with Crippen molar-refractivity contribution in [2.75, 3.05) is 12.9 Å². The minimum Gasteiger partial charge on any atom is -0.497 e. The number of hydrogen-bond donors (Lipinski definition) is 0. The molecule has 0 amide bonds. The van der Waals surface area contributed by atoms with Gasteiger partial charge in [-0.1, -0.05) is 6.07 Å². The Morgan fingerprint density at radius 3 is 2.62 bits per heavy atom. The first kappa shape index (κ1) is 17.8. The van der Waals surface area contributed by atoms with Crippen LogP contribution in [0.15, 0.2) is 47.4 Å².